The molecule has 3 radical (unpaired) electrons. The first kappa shape index (κ1) is 91.6. The topological polar surface area (TPSA) is 291 Å². The number of ether oxygens (including phenoxy) is 1. The summed E-state index contributed by atoms with van der Waals surface area (Å²) < 4.78 is 4.25. The number of methoxy groups -OCH3 is 1. The third kappa shape index (κ3) is 58.2. The Balaban J connectivity index is -0.0000000498. The van der Waals surface area contributed by atoms with Gasteiger partial charge in [0.25, 0.3) is 0 Å². The van der Waals surface area contributed by atoms with E-state index < -0.39 is 0 Å². The van der Waals surface area contributed by atoms with Gasteiger partial charge in [0.15, 0.2) is 0 Å². The second-order valence-electron chi connectivity index (χ2n) is 7.90. The molecule has 4 N–H and O–H groups in total. The molecule has 0 saturated carbocycles. The first-order chi connectivity index (χ1) is 30.2. The maximum atomic E-state index is 9.33. The number of nitrogens with zero attached hydrogens (tertiary/aromatic N) is 7. The number of aliphatic hydroxyl groups excluding tert-OH is 1. The fraction of sp³-hybridized carbons (Fsp3) is 0.364. The Morgan fingerprint density at radius 2 is 0.600 bits per heavy atom. The number of rotatable bonds is 0. The summed E-state index contributed by atoms with van der Waals surface area (Å²) in [5.74, 6) is 0.863. The number of hydrogen-bond donors (Lipinski definition) is 4. The molecule has 6 aromatic rings. The Bertz CT molecular complexity index is 1620. The van der Waals surface area contributed by atoms with Crippen LogP contribution in [0.1, 0.15) is 83.1 Å². The first-order valence-electron chi connectivity index (χ1n) is 19.2. The molecular formula is C44H70N7O11Y3-3. The SMILES string of the molecule is CC.CC.CC.CC.CC.CC.CO.COC.O=N[O-].O=N[O-].O=N[O-].Oc1ccnc2ccccc12.Oc1ccnc2ccccc12.Oc1ccnc2ccccc12.[C-]#[N+]C.[Y].[Y].[Y]. The van der Waals surface area contributed by atoms with E-state index in [1.165, 1.54) is 7.05 Å². The fourth-order valence-electron chi connectivity index (χ4n) is 3.24. The average molecular weight is 1140 g/mol. The van der Waals surface area contributed by atoms with Crippen LogP contribution in [0.5, 0.6) is 17.2 Å². The van der Waals surface area contributed by atoms with E-state index in [4.69, 9.17) is 42.0 Å². The van der Waals surface area contributed by atoms with Crippen LogP contribution in [0.3, 0.4) is 0 Å². The number of aliphatic hydroxyl groups is 1. The number of fused-ring (bicyclic) bond motifs is 3. The quantitative estimate of drug-likeness (QED) is 0.0625. The minimum Gasteiger partial charge on any atom is -0.507 e. The second-order valence-corrected chi connectivity index (χ2v) is 7.90. The Labute approximate surface area is 462 Å². The van der Waals surface area contributed by atoms with Gasteiger partial charge in [0.1, 0.15) is 17.2 Å². The molecule has 3 aromatic carbocycles. The van der Waals surface area contributed by atoms with Crippen molar-refractivity contribution < 1.29 is 123 Å². The molecule has 65 heavy (non-hydrogen) atoms. The number of hydrogen-bond acceptors (Lipinski definition) is 17. The van der Waals surface area contributed by atoms with E-state index >= 15 is 0 Å². The van der Waals surface area contributed by atoms with Crippen LogP contribution in [0.15, 0.2) is 126 Å². The molecule has 0 aliphatic carbocycles. The van der Waals surface area contributed by atoms with Crippen molar-refractivity contribution in [3.8, 4) is 17.2 Å². The van der Waals surface area contributed by atoms with Crippen LogP contribution in [0.2, 0.25) is 0 Å². The van der Waals surface area contributed by atoms with E-state index in [-0.39, 0.29) is 115 Å². The summed E-state index contributed by atoms with van der Waals surface area (Å²) in [6.07, 6.45) is 4.78. The van der Waals surface area contributed by atoms with Gasteiger partial charge in [-0.2, -0.15) is 0 Å². The normalized spacial score (nSPS) is 6.77. The van der Waals surface area contributed by atoms with E-state index in [1.54, 1.807) is 51.0 Å². The smallest absolute Gasteiger partial charge is 0.205 e. The van der Waals surface area contributed by atoms with Gasteiger partial charge in [0.2, 0.25) is 7.05 Å². The maximum absolute atomic E-state index is 9.33. The molecule has 21 heteroatoms. The van der Waals surface area contributed by atoms with Crippen LogP contribution in [-0.4, -0.2) is 63.8 Å². The van der Waals surface area contributed by atoms with E-state index in [0.29, 0.717) is 0 Å². The molecule has 0 aliphatic rings. The standard InChI is InChI=1S/3C9H7NO.C2H3N.C2H6O.6C2H6.CH4O.3HNO2.3Y/c3*11-9-5-6-10-8-4-2-1-3-7(8)9;2*1-3-2;7*1-2;3*2-1-3;;;/h3*1-6H,(H,10,11);1H3;1-2H3;6*1-2H3;2H,1H3;3*(H,2,3);;;/p-3. The van der Waals surface area contributed by atoms with Crippen molar-refractivity contribution in [2.45, 2.75) is 83.1 Å². The first-order valence-corrected chi connectivity index (χ1v) is 19.2. The predicted molar refractivity (Wildman–Crippen MR) is 259 cm³/mol. The van der Waals surface area contributed by atoms with E-state index in [1.807, 2.05) is 156 Å². The molecule has 3 heterocycles. The van der Waals surface area contributed by atoms with Gasteiger partial charge in [0, 0.05) is 154 Å². The number of benzene rings is 3. The zero-order chi connectivity index (χ0) is 50.6. The Hall–Kier alpha value is -3.79. The van der Waals surface area contributed by atoms with E-state index in [0.717, 1.165) is 55.8 Å². The summed E-state index contributed by atoms with van der Waals surface area (Å²) in [7, 11) is 5.67. The van der Waals surface area contributed by atoms with Crippen molar-refractivity contribution in [2.24, 2.45) is 16.0 Å². The Kier molecular flexibility index (Phi) is 123. The van der Waals surface area contributed by atoms with Gasteiger partial charge in [-0.15, -0.1) is 16.0 Å². The summed E-state index contributed by atoms with van der Waals surface area (Å²) >= 11 is 0. The van der Waals surface area contributed by atoms with Crippen LogP contribution in [0.4, 0.5) is 0 Å². The van der Waals surface area contributed by atoms with Crippen LogP contribution in [-0.2, 0) is 103 Å². The monoisotopic (exact) mass is 1140 g/mol. The summed E-state index contributed by atoms with van der Waals surface area (Å²) in [5.41, 5.74) is 2.48. The van der Waals surface area contributed by atoms with Gasteiger partial charge in [0.05, 0.1) is 16.6 Å². The van der Waals surface area contributed by atoms with Crippen LogP contribution >= 0.6 is 0 Å². The molecular weight excluding hydrogens is 1070 g/mol. The van der Waals surface area contributed by atoms with Crippen LogP contribution < -0.4 is 0 Å². The molecule has 6 rings (SSSR count). The van der Waals surface area contributed by atoms with Gasteiger partial charge in [-0.3, -0.25) is 15.0 Å². The van der Waals surface area contributed by atoms with Crippen molar-refractivity contribution in [1.82, 2.24) is 15.0 Å². The Morgan fingerprint density at radius 1 is 0.462 bits per heavy atom. The van der Waals surface area contributed by atoms with Crippen molar-refractivity contribution >= 4 is 32.7 Å². The third-order valence-electron chi connectivity index (χ3n) is 4.88. The van der Waals surface area contributed by atoms with Crippen LogP contribution in [0.25, 0.3) is 37.6 Å². The zero-order valence-electron chi connectivity index (χ0n) is 40.9. The maximum Gasteiger partial charge on any atom is 0.205 e. The molecule has 0 bridgehead atoms. The van der Waals surface area contributed by atoms with Crippen molar-refractivity contribution in [3.05, 3.63) is 151 Å². The Morgan fingerprint density at radius 3 is 0.738 bits per heavy atom. The van der Waals surface area contributed by atoms with E-state index in [9.17, 15) is 15.3 Å². The molecule has 18 nitrogen and oxygen atoms in total. The van der Waals surface area contributed by atoms with Gasteiger partial charge < -0.3 is 60.4 Å². The van der Waals surface area contributed by atoms with Crippen molar-refractivity contribution in [1.29, 1.82) is 0 Å². The number of pyridine rings is 3. The molecule has 3 aromatic heterocycles. The predicted octanol–water partition coefficient (Wildman–Crippen LogP) is 13.1. The molecule has 0 unspecified atom stereocenters. The minimum absolute atomic E-state index is 0. The summed E-state index contributed by atoms with van der Waals surface area (Å²) in [4.78, 5) is 39.0. The third-order valence-corrected chi connectivity index (χ3v) is 4.88. The molecule has 0 saturated heterocycles. The number of aromatic hydroxyl groups is 3. The van der Waals surface area contributed by atoms with E-state index in [2.05, 4.69) is 24.5 Å². The number of para-hydroxylation sites is 3. The van der Waals surface area contributed by atoms with Crippen molar-refractivity contribution in [3.63, 3.8) is 0 Å². The summed E-state index contributed by atoms with van der Waals surface area (Å²) in [5, 5.41) is 64.4. The molecule has 0 fully saturated rings. The average Bonchev–Trinajstić information content (AvgIpc) is 3.33. The molecule has 0 aliphatic heterocycles. The van der Waals surface area contributed by atoms with Crippen molar-refractivity contribution in [2.75, 3.05) is 28.4 Å². The van der Waals surface area contributed by atoms with Gasteiger partial charge in [-0.05, 0) is 54.6 Å². The summed E-state index contributed by atoms with van der Waals surface area (Å²) in [6, 6.07) is 27.2. The molecule has 0 spiro atoms. The van der Waals surface area contributed by atoms with Crippen LogP contribution in [0, 0.1) is 36.9 Å². The van der Waals surface area contributed by atoms with Gasteiger partial charge in [-0.25, -0.2) is 6.57 Å². The molecule has 359 valence electrons. The van der Waals surface area contributed by atoms with Gasteiger partial charge >= 0.3 is 0 Å². The second kappa shape index (κ2) is 87.2. The molecule has 0 amide bonds. The minimum atomic E-state index is 0. The zero-order valence-corrected chi connectivity index (χ0v) is 49.4. The summed E-state index contributed by atoms with van der Waals surface area (Å²) in [6.45, 7) is 29.8. The van der Waals surface area contributed by atoms with Gasteiger partial charge in [-0.1, -0.05) is 119 Å². The fourth-order valence-corrected chi connectivity index (χ4v) is 3.24. The number of aromatic nitrogens is 3. The largest absolute Gasteiger partial charge is 0.507 e. The molecule has 0 atom stereocenters.